The second-order valence-electron chi connectivity index (χ2n) is 7.51. The number of aryl methyl sites for hydroxylation is 1. The first-order valence-corrected chi connectivity index (χ1v) is 9.45. The number of aromatic hydroxyl groups is 1. The summed E-state index contributed by atoms with van der Waals surface area (Å²) in [5.74, 6) is -2.88. The first kappa shape index (κ1) is 25.8. The fraction of sp³-hybridized carbons (Fsp3) is 0.300. The van der Waals surface area contributed by atoms with Crippen molar-refractivity contribution in [1.82, 2.24) is 30.4 Å². The molecule has 0 saturated heterocycles. The van der Waals surface area contributed by atoms with Gasteiger partial charge in [-0.15, -0.1) is 10.2 Å². The summed E-state index contributed by atoms with van der Waals surface area (Å²) in [6, 6.07) is 5.44. The number of nitrogens with one attached hydrogen (secondary N) is 2. The molecule has 0 atom stereocenters. The molecule has 3 N–H and O–H groups in total. The number of halogens is 1. The summed E-state index contributed by atoms with van der Waals surface area (Å²) in [6.45, 7) is 4.64. The Hall–Kier alpha value is -3.49. The predicted molar refractivity (Wildman–Crippen MR) is 115 cm³/mol. The van der Waals surface area contributed by atoms with Crippen LogP contribution in [0, 0.1) is 12.7 Å². The average molecular weight is 452 g/mol. The van der Waals surface area contributed by atoms with Crippen LogP contribution < -0.4 is 16.2 Å². The zero-order valence-corrected chi connectivity index (χ0v) is 17.8. The third-order valence-corrected chi connectivity index (χ3v) is 4.55. The van der Waals surface area contributed by atoms with Crippen molar-refractivity contribution in [3.8, 4) is 5.75 Å². The van der Waals surface area contributed by atoms with Crippen molar-refractivity contribution in [2.45, 2.75) is 32.9 Å². The van der Waals surface area contributed by atoms with Crippen molar-refractivity contribution in [3.05, 3.63) is 69.3 Å². The first-order chi connectivity index (χ1) is 15.0. The molecule has 2 aromatic heterocycles. The van der Waals surface area contributed by atoms with Crippen LogP contribution in [0.1, 0.15) is 52.3 Å². The number of carbonyl (C=O) groups is 2. The van der Waals surface area contributed by atoms with E-state index in [0.717, 1.165) is 4.57 Å². The molecule has 3 rings (SSSR count). The summed E-state index contributed by atoms with van der Waals surface area (Å²) >= 11 is 0. The molecular weight excluding hydrogens is 430 g/mol. The molecule has 0 spiro atoms. The van der Waals surface area contributed by atoms with Crippen LogP contribution in [0.4, 0.5) is 4.39 Å². The van der Waals surface area contributed by atoms with Crippen LogP contribution in [0.3, 0.4) is 0 Å². The van der Waals surface area contributed by atoms with Gasteiger partial charge in [0.2, 0.25) is 11.6 Å². The molecule has 2 heterocycles. The molecule has 3 aromatic rings. The van der Waals surface area contributed by atoms with Crippen molar-refractivity contribution >= 4 is 30.7 Å². The van der Waals surface area contributed by atoms with E-state index in [-0.39, 0.29) is 43.0 Å². The Balaban J connectivity index is 0.00000385. The molecular formula is C20H22FLiN6O5. The molecule has 0 fully saturated rings. The normalized spacial score (nSPS) is 10.9. The molecule has 11 nitrogen and oxygen atoms in total. The van der Waals surface area contributed by atoms with Gasteiger partial charge in [0.15, 0.2) is 5.69 Å². The predicted octanol–water partition coefficient (Wildman–Crippen LogP) is 0.263. The van der Waals surface area contributed by atoms with Crippen molar-refractivity contribution in [1.29, 1.82) is 0 Å². The number of amides is 2. The van der Waals surface area contributed by atoms with E-state index in [1.54, 1.807) is 13.8 Å². The molecule has 1 aromatic carbocycles. The van der Waals surface area contributed by atoms with Gasteiger partial charge in [0.1, 0.15) is 11.6 Å². The molecule has 0 bridgehead atoms. The maximum absolute atomic E-state index is 13.0. The zero-order chi connectivity index (χ0) is 23.6. The molecule has 0 aliphatic heterocycles. The van der Waals surface area contributed by atoms with Gasteiger partial charge in [-0.05, 0) is 31.5 Å². The number of nitrogens with zero attached hydrogens (tertiary/aromatic N) is 4. The number of hydrogen-bond acceptors (Lipinski definition) is 8. The summed E-state index contributed by atoms with van der Waals surface area (Å²) < 4.78 is 19.1. The number of hydrogen-bond donors (Lipinski definition) is 3. The van der Waals surface area contributed by atoms with E-state index in [0.29, 0.717) is 5.56 Å². The Morgan fingerprint density at radius 1 is 1.18 bits per heavy atom. The molecule has 0 unspecified atom stereocenters. The van der Waals surface area contributed by atoms with Crippen LogP contribution in [0.15, 0.2) is 33.5 Å². The SMILES string of the molecule is Cc1nnc(C(=O)NC(C)(C)c2nc(C(=O)NCc3ccc(F)cc3)c(O)c(=O)n2C)o1.[LiH]. The Morgan fingerprint density at radius 3 is 2.39 bits per heavy atom. The minimum absolute atomic E-state index is 0. The maximum atomic E-state index is 13.0. The van der Waals surface area contributed by atoms with Crippen LogP contribution >= 0.6 is 0 Å². The van der Waals surface area contributed by atoms with Crippen molar-refractivity contribution in [2.75, 3.05) is 0 Å². The molecule has 2 amide bonds. The third kappa shape index (κ3) is 5.66. The van der Waals surface area contributed by atoms with Gasteiger partial charge in [-0.3, -0.25) is 19.0 Å². The van der Waals surface area contributed by atoms with Gasteiger partial charge in [0, 0.05) is 20.5 Å². The van der Waals surface area contributed by atoms with Crippen LogP contribution in [-0.2, 0) is 19.1 Å². The van der Waals surface area contributed by atoms with Gasteiger partial charge in [0.05, 0.1) is 5.54 Å². The fourth-order valence-corrected chi connectivity index (χ4v) is 2.96. The van der Waals surface area contributed by atoms with Gasteiger partial charge < -0.3 is 20.2 Å². The third-order valence-electron chi connectivity index (χ3n) is 4.55. The Labute approximate surface area is 199 Å². The summed E-state index contributed by atoms with van der Waals surface area (Å²) in [4.78, 5) is 41.7. The first-order valence-electron chi connectivity index (χ1n) is 9.45. The van der Waals surface area contributed by atoms with Crippen LogP contribution in [0.5, 0.6) is 5.75 Å². The van der Waals surface area contributed by atoms with Gasteiger partial charge in [0.25, 0.3) is 11.5 Å². The molecule has 0 aliphatic carbocycles. The van der Waals surface area contributed by atoms with E-state index in [9.17, 15) is 23.9 Å². The molecule has 33 heavy (non-hydrogen) atoms. The summed E-state index contributed by atoms with van der Waals surface area (Å²) in [5.41, 5.74) is -2.06. The monoisotopic (exact) mass is 452 g/mol. The molecule has 0 radical (unpaired) electrons. The van der Waals surface area contributed by atoms with Gasteiger partial charge in [-0.25, -0.2) is 9.37 Å². The molecule has 13 heteroatoms. The number of benzene rings is 1. The fourth-order valence-electron chi connectivity index (χ4n) is 2.96. The van der Waals surface area contributed by atoms with Gasteiger partial charge in [-0.2, -0.15) is 0 Å². The van der Waals surface area contributed by atoms with Crippen molar-refractivity contribution < 1.29 is 23.5 Å². The number of rotatable bonds is 6. The van der Waals surface area contributed by atoms with E-state index in [1.807, 2.05) is 0 Å². The van der Waals surface area contributed by atoms with E-state index >= 15 is 0 Å². The van der Waals surface area contributed by atoms with Gasteiger partial charge in [-0.1, -0.05) is 12.1 Å². The van der Waals surface area contributed by atoms with Crippen LogP contribution in [-0.4, -0.2) is 55.5 Å². The number of aromatic nitrogens is 4. The zero-order valence-electron chi connectivity index (χ0n) is 17.8. The topological polar surface area (TPSA) is 152 Å². The van der Waals surface area contributed by atoms with E-state index in [2.05, 4.69) is 25.8 Å². The van der Waals surface area contributed by atoms with Gasteiger partial charge >= 0.3 is 30.7 Å². The van der Waals surface area contributed by atoms with E-state index in [1.165, 1.54) is 38.2 Å². The van der Waals surface area contributed by atoms with Crippen molar-refractivity contribution in [2.24, 2.45) is 7.05 Å². The Bertz CT molecular complexity index is 1240. The second-order valence-corrected chi connectivity index (χ2v) is 7.51. The van der Waals surface area contributed by atoms with E-state index < -0.39 is 40.2 Å². The Kier molecular flexibility index (Phi) is 7.79. The summed E-state index contributed by atoms with van der Waals surface area (Å²) in [5, 5.41) is 22.6. The second kappa shape index (κ2) is 9.97. The van der Waals surface area contributed by atoms with Crippen molar-refractivity contribution in [3.63, 3.8) is 0 Å². The van der Waals surface area contributed by atoms with Crippen LogP contribution in [0.2, 0.25) is 0 Å². The summed E-state index contributed by atoms with van der Waals surface area (Å²) in [7, 11) is 1.34. The Morgan fingerprint density at radius 2 is 1.82 bits per heavy atom. The molecule has 0 saturated carbocycles. The average Bonchev–Trinajstić information content (AvgIpc) is 3.17. The summed E-state index contributed by atoms with van der Waals surface area (Å²) in [6.07, 6.45) is 0. The molecule has 170 valence electrons. The molecule has 0 aliphatic rings. The van der Waals surface area contributed by atoms with E-state index in [4.69, 9.17) is 4.42 Å². The number of carbonyl (C=O) groups excluding carboxylic acids is 2. The minimum atomic E-state index is -1.27. The quantitative estimate of drug-likeness (QED) is 0.451. The van der Waals surface area contributed by atoms with Crippen LogP contribution in [0.25, 0.3) is 0 Å². The standard InChI is InChI=1S/C20H21FN6O5.Li.H/c1-10-25-26-17(32-10)16(30)24-20(2,3)19-23-13(14(28)18(31)27(19)4)15(29)22-9-11-5-7-12(21)8-6-11;;/h5-8,28H,9H2,1-4H3,(H,22,29)(H,24,30);;.